The highest BCUT2D eigenvalue weighted by Crippen LogP contribution is 2.11. The van der Waals surface area contributed by atoms with Crippen molar-refractivity contribution in [3.8, 4) is 0 Å². The van der Waals surface area contributed by atoms with Gasteiger partial charge < -0.3 is 11.5 Å². The first-order valence-electron chi connectivity index (χ1n) is 6.37. The fraction of sp³-hybridized carbons (Fsp3) is 0.462. The lowest BCUT2D eigenvalue weighted by molar-refractivity contribution is -0.120. The quantitative estimate of drug-likeness (QED) is 0.700. The maximum atomic E-state index is 12.0. The number of rotatable bonds is 6. The van der Waals surface area contributed by atoms with Crippen LogP contribution in [0, 0.1) is 5.92 Å². The molecular weight excluding hydrogens is 278 g/mol. The second-order valence-electron chi connectivity index (χ2n) is 5.05. The van der Waals surface area contributed by atoms with E-state index >= 15 is 0 Å². The minimum Gasteiger partial charge on any atom is -0.326 e. The summed E-state index contributed by atoms with van der Waals surface area (Å²) in [5.74, 6) is -0.483. The van der Waals surface area contributed by atoms with Crippen LogP contribution in [0.1, 0.15) is 25.8 Å². The summed E-state index contributed by atoms with van der Waals surface area (Å²) in [6.45, 7) is 4.15. The number of carbonyl (C=O) groups is 1. The van der Waals surface area contributed by atoms with Crippen LogP contribution in [-0.4, -0.2) is 20.4 Å². The van der Waals surface area contributed by atoms with E-state index in [1.165, 1.54) is 12.1 Å². The van der Waals surface area contributed by atoms with Crippen LogP contribution in [0.25, 0.3) is 0 Å². The van der Waals surface area contributed by atoms with Crippen molar-refractivity contribution in [3.63, 3.8) is 0 Å². The average Bonchev–Trinajstić information content (AvgIpc) is 2.37. The maximum absolute atomic E-state index is 12.0. The summed E-state index contributed by atoms with van der Waals surface area (Å²) in [5.41, 5.74) is 11.9. The summed E-state index contributed by atoms with van der Waals surface area (Å²) in [4.78, 5) is 11.8. The lowest BCUT2D eigenvalue weighted by Gasteiger charge is -2.14. The minimum atomic E-state index is -3.89. The van der Waals surface area contributed by atoms with Crippen LogP contribution in [0.4, 0.5) is 0 Å². The van der Waals surface area contributed by atoms with Gasteiger partial charge in [0.1, 0.15) is 0 Å². The van der Waals surface area contributed by atoms with Crippen molar-refractivity contribution in [3.05, 3.63) is 29.8 Å². The summed E-state index contributed by atoms with van der Waals surface area (Å²) in [7, 11) is -3.89. The van der Waals surface area contributed by atoms with Crippen molar-refractivity contribution < 1.29 is 13.2 Å². The zero-order valence-electron chi connectivity index (χ0n) is 11.7. The molecule has 1 amide bonds. The van der Waals surface area contributed by atoms with E-state index in [4.69, 9.17) is 11.5 Å². The molecule has 0 aliphatic carbocycles. The molecule has 0 saturated carbocycles. The van der Waals surface area contributed by atoms with Crippen molar-refractivity contribution in [1.29, 1.82) is 0 Å². The third-order valence-electron chi connectivity index (χ3n) is 2.77. The fourth-order valence-electron chi connectivity index (χ4n) is 1.69. The summed E-state index contributed by atoms with van der Waals surface area (Å²) in [6.07, 6.45) is 0.424. The SMILES string of the molecule is CC(C)CC(N)C(=O)NS(=O)(=O)c1ccc(CN)cc1. The van der Waals surface area contributed by atoms with Gasteiger partial charge in [-0.05, 0) is 30.0 Å². The molecule has 6 nitrogen and oxygen atoms in total. The molecule has 1 unspecified atom stereocenters. The highest BCUT2D eigenvalue weighted by molar-refractivity contribution is 7.90. The summed E-state index contributed by atoms with van der Waals surface area (Å²) in [6, 6.07) is 5.19. The Kier molecular flexibility index (Phi) is 5.67. The topological polar surface area (TPSA) is 115 Å². The first-order chi connectivity index (χ1) is 9.26. The Bertz CT molecular complexity index is 553. The predicted octanol–water partition coefficient (Wildman–Crippen LogP) is 0.324. The Hall–Kier alpha value is -1.44. The highest BCUT2D eigenvalue weighted by Gasteiger charge is 2.22. The summed E-state index contributed by atoms with van der Waals surface area (Å²) >= 11 is 0. The molecule has 1 rings (SSSR count). The maximum Gasteiger partial charge on any atom is 0.264 e. The molecule has 0 bridgehead atoms. The van der Waals surface area contributed by atoms with Gasteiger partial charge in [-0.1, -0.05) is 26.0 Å². The normalized spacial score (nSPS) is 13.2. The third kappa shape index (κ3) is 4.59. The van der Waals surface area contributed by atoms with E-state index in [1.807, 2.05) is 18.6 Å². The Morgan fingerprint density at radius 3 is 2.25 bits per heavy atom. The van der Waals surface area contributed by atoms with Crippen molar-refractivity contribution in [2.45, 2.75) is 37.8 Å². The second-order valence-corrected chi connectivity index (χ2v) is 6.74. The first-order valence-corrected chi connectivity index (χ1v) is 7.86. The molecule has 20 heavy (non-hydrogen) atoms. The Labute approximate surface area is 119 Å². The molecule has 5 N–H and O–H groups in total. The van der Waals surface area contributed by atoms with Gasteiger partial charge in [-0.25, -0.2) is 13.1 Å². The van der Waals surface area contributed by atoms with E-state index in [2.05, 4.69) is 0 Å². The van der Waals surface area contributed by atoms with Crippen LogP contribution in [0.15, 0.2) is 29.2 Å². The van der Waals surface area contributed by atoms with Gasteiger partial charge in [-0.15, -0.1) is 0 Å². The summed E-state index contributed by atoms with van der Waals surface area (Å²) < 4.78 is 26.0. The van der Waals surface area contributed by atoms with Crippen molar-refractivity contribution in [2.24, 2.45) is 17.4 Å². The van der Waals surface area contributed by atoms with E-state index in [1.54, 1.807) is 12.1 Å². The molecule has 1 aromatic rings. The van der Waals surface area contributed by atoms with Crippen LogP contribution in [-0.2, 0) is 21.4 Å². The van der Waals surface area contributed by atoms with Gasteiger partial charge in [-0.2, -0.15) is 0 Å². The number of hydrogen-bond acceptors (Lipinski definition) is 5. The number of hydrogen-bond donors (Lipinski definition) is 3. The van der Waals surface area contributed by atoms with Gasteiger partial charge in [0.25, 0.3) is 15.9 Å². The molecule has 0 heterocycles. The number of benzene rings is 1. The number of amides is 1. The molecule has 112 valence electrons. The van der Waals surface area contributed by atoms with Gasteiger partial charge in [0, 0.05) is 6.54 Å². The van der Waals surface area contributed by atoms with E-state index in [9.17, 15) is 13.2 Å². The number of nitrogens with two attached hydrogens (primary N) is 2. The predicted molar refractivity (Wildman–Crippen MR) is 77.1 cm³/mol. The number of carbonyl (C=O) groups excluding carboxylic acids is 1. The van der Waals surface area contributed by atoms with Gasteiger partial charge in [0.15, 0.2) is 0 Å². The molecule has 0 aliphatic heterocycles. The van der Waals surface area contributed by atoms with Crippen LogP contribution in [0.2, 0.25) is 0 Å². The molecule has 7 heteroatoms. The van der Waals surface area contributed by atoms with Crippen LogP contribution in [0.3, 0.4) is 0 Å². The van der Waals surface area contributed by atoms with Gasteiger partial charge >= 0.3 is 0 Å². The number of sulfonamides is 1. The van der Waals surface area contributed by atoms with Crippen molar-refractivity contribution in [1.82, 2.24) is 4.72 Å². The zero-order valence-corrected chi connectivity index (χ0v) is 12.5. The van der Waals surface area contributed by atoms with Gasteiger partial charge in [-0.3, -0.25) is 4.79 Å². The molecule has 1 aromatic carbocycles. The van der Waals surface area contributed by atoms with Gasteiger partial charge in [0.2, 0.25) is 0 Å². The van der Waals surface area contributed by atoms with Crippen LogP contribution in [0.5, 0.6) is 0 Å². The lowest BCUT2D eigenvalue weighted by Crippen LogP contribution is -2.43. The van der Waals surface area contributed by atoms with Crippen LogP contribution < -0.4 is 16.2 Å². The molecule has 0 radical (unpaired) electrons. The summed E-state index contributed by atoms with van der Waals surface area (Å²) in [5, 5.41) is 0. The van der Waals surface area contributed by atoms with Crippen molar-refractivity contribution in [2.75, 3.05) is 0 Å². The Balaban J connectivity index is 2.81. The zero-order chi connectivity index (χ0) is 15.3. The monoisotopic (exact) mass is 299 g/mol. The molecule has 0 aliphatic rings. The minimum absolute atomic E-state index is 0.0137. The van der Waals surface area contributed by atoms with E-state index in [0.29, 0.717) is 13.0 Å². The van der Waals surface area contributed by atoms with E-state index < -0.39 is 22.0 Å². The fourth-order valence-corrected chi connectivity index (χ4v) is 2.72. The van der Waals surface area contributed by atoms with Gasteiger partial charge in [0.05, 0.1) is 10.9 Å². The second kappa shape index (κ2) is 6.83. The standard InChI is InChI=1S/C13H21N3O3S/c1-9(2)7-12(15)13(17)16-20(18,19)11-5-3-10(8-14)4-6-11/h3-6,9,12H,7-8,14-15H2,1-2H3,(H,16,17). The molecule has 0 aromatic heterocycles. The van der Waals surface area contributed by atoms with E-state index in [-0.39, 0.29) is 10.8 Å². The molecule has 0 saturated heterocycles. The van der Waals surface area contributed by atoms with Crippen LogP contribution >= 0.6 is 0 Å². The molecule has 0 fully saturated rings. The Morgan fingerprint density at radius 2 is 1.80 bits per heavy atom. The molecule has 1 atom stereocenters. The molecule has 0 spiro atoms. The number of nitrogens with one attached hydrogen (secondary N) is 1. The Morgan fingerprint density at radius 1 is 1.25 bits per heavy atom. The average molecular weight is 299 g/mol. The largest absolute Gasteiger partial charge is 0.326 e. The smallest absolute Gasteiger partial charge is 0.264 e. The van der Waals surface area contributed by atoms with Crippen molar-refractivity contribution >= 4 is 15.9 Å². The van der Waals surface area contributed by atoms with E-state index in [0.717, 1.165) is 5.56 Å². The highest BCUT2D eigenvalue weighted by atomic mass is 32.2. The lowest BCUT2D eigenvalue weighted by atomic mass is 10.0. The first kappa shape index (κ1) is 16.6. The third-order valence-corrected chi connectivity index (χ3v) is 4.13. The molecular formula is C13H21N3O3S.